The molecule has 3 aromatic rings. The van der Waals surface area contributed by atoms with Crippen molar-refractivity contribution >= 4 is 27.3 Å². The van der Waals surface area contributed by atoms with Gasteiger partial charge < -0.3 is 9.47 Å². The Hall–Kier alpha value is -2.14. The summed E-state index contributed by atoms with van der Waals surface area (Å²) in [6, 6.07) is 8.60. The van der Waals surface area contributed by atoms with Crippen LogP contribution in [0.3, 0.4) is 0 Å². The smallest absolute Gasteiger partial charge is 0.264 e. The summed E-state index contributed by atoms with van der Waals surface area (Å²) in [5, 5.41) is 1.19. The largest absolute Gasteiger partial charge is 0.337 e. The lowest BCUT2D eigenvalue weighted by molar-refractivity contribution is 0.0728. The molecule has 5 heteroatoms. The Labute approximate surface area is 139 Å². The molecule has 1 fully saturated rings. The molecule has 1 aromatic carbocycles. The van der Waals surface area contributed by atoms with Gasteiger partial charge in [0.2, 0.25) is 0 Å². The van der Waals surface area contributed by atoms with Gasteiger partial charge in [0, 0.05) is 30.2 Å². The molecule has 1 amide bonds. The number of aryl methyl sites for hydroxylation is 2. The summed E-state index contributed by atoms with van der Waals surface area (Å²) in [5.74, 6) is 1.08. The maximum absolute atomic E-state index is 13.2. The highest BCUT2D eigenvalue weighted by atomic mass is 32.1. The van der Waals surface area contributed by atoms with E-state index in [-0.39, 0.29) is 5.91 Å². The van der Waals surface area contributed by atoms with Crippen molar-refractivity contribution in [1.82, 2.24) is 14.5 Å². The third-order valence-electron chi connectivity index (χ3n) is 4.52. The van der Waals surface area contributed by atoms with Crippen molar-refractivity contribution in [2.24, 2.45) is 7.05 Å². The van der Waals surface area contributed by atoms with E-state index in [1.54, 1.807) is 17.5 Å². The zero-order valence-electron chi connectivity index (χ0n) is 13.3. The zero-order valence-corrected chi connectivity index (χ0v) is 14.1. The quantitative estimate of drug-likeness (QED) is 0.733. The molecule has 0 spiro atoms. The maximum atomic E-state index is 13.2. The third kappa shape index (κ3) is 2.55. The normalized spacial score (nSPS) is 14.3. The van der Waals surface area contributed by atoms with Crippen LogP contribution in [0.5, 0.6) is 0 Å². The molecule has 0 saturated heterocycles. The zero-order chi connectivity index (χ0) is 16.0. The van der Waals surface area contributed by atoms with Gasteiger partial charge in [-0.3, -0.25) is 4.79 Å². The fraction of sp³-hybridized carbons (Fsp3) is 0.333. The number of fused-ring (bicyclic) bond motifs is 1. The minimum absolute atomic E-state index is 0.147. The predicted molar refractivity (Wildman–Crippen MR) is 92.7 cm³/mol. The average molecular weight is 325 g/mol. The van der Waals surface area contributed by atoms with E-state index in [1.807, 2.05) is 34.8 Å². The lowest BCUT2D eigenvalue weighted by Crippen LogP contribution is -2.33. The van der Waals surface area contributed by atoms with Crippen molar-refractivity contribution in [2.45, 2.75) is 32.4 Å². The summed E-state index contributed by atoms with van der Waals surface area (Å²) >= 11 is 1.60. The first-order valence-electron chi connectivity index (χ1n) is 7.90. The van der Waals surface area contributed by atoms with Gasteiger partial charge in [0.1, 0.15) is 5.82 Å². The van der Waals surface area contributed by atoms with Crippen molar-refractivity contribution in [1.29, 1.82) is 0 Å². The molecule has 118 valence electrons. The number of thiophene rings is 1. The van der Waals surface area contributed by atoms with E-state index < -0.39 is 0 Å². The van der Waals surface area contributed by atoms with E-state index >= 15 is 0 Å². The molecule has 2 heterocycles. The van der Waals surface area contributed by atoms with Gasteiger partial charge >= 0.3 is 0 Å². The lowest BCUT2D eigenvalue weighted by Gasteiger charge is -2.22. The van der Waals surface area contributed by atoms with Crippen molar-refractivity contribution in [3.8, 4) is 0 Å². The highest BCUT2D eigenvalue weighted by Crippen LogP contribution is 2.35. The number of amides is 1. The lowest BCUT2D eigenvalue weighted by atomic mass is 10.1. The Kier molecular flexibility index (Phi) is 3.45. The molecule has 2 aromatic heterocycles. The number of carbonyl (C=O) groups excluding carboxylic acids is 1. The van der Waals surface area contributed by atoms with Gasteiger partial charge in [-0.2, -0.15) is 0 Å². The van der Waals surface area contributed by atoms with Crippen LogP contribution >= 0.6 is 11.3 Å². The Morgan fingerprint density at radius 1 is 1.39 bits per heavy atom. The molecule has 0 aliphatic heterocycles. The minimum atomic E-state index is 0.147. The van der Waals surface area contributed by atoms with Crippen molar-refractivity contribution in [3.05, 3.63) is 52.9 Å². The monoisotopic (exact) mass is 325 g/mol. The summed E-state index contributed by atoms with van der Waals surface area (Å²) < 4.78 is 3.17. The molecular formula is C18H19N3OS. The van der Waals surface area contributed by atoms with Crippen LogP contribution in [-0.2, 0) is 13.6 Å². The molecule has 0 unspecified atom stereocenters. The number of rotatable bonds is 4. The summed E-state index contributed by atoms with van der Waals surface area (Å²) in [6.45, 7) is 2.64. The number of imidazole rings is 1. The van der Waals surface area contributed by atoms with Gasteiger partial charge in [0.05, 0.1) is 11.4 Å². The molecule has 1 aliphatic carbocycles. The number of benzene rings is 1. The highest BCUT2D eigenvalue weighted by Gasteiger charge is 2.35. The SMILES string of the molecule is Cc1c(C(=O)N(Cc2nccn2C)C2CC2)sc2ccccc12. The van der Waals surface area contributed by atoms with E-state index in [2.05, 4.69) is 24.0 Å². The fourth-order valence-electron chi connectivity index (χ4n) is 2.96. The van der Waals surface area contributed by atoms with Gasteiger partial charge in [0.25, 0.3) is 5.91 Å². The summed E-state index contributed by atoms with van der Waals surface area (Å²) in [5.41, 5.74) is 1.10. The van der Waals surface area contributed by atoms with Gasteiger partial charge in [-0.1, -0.05) is 18.2 Å². The molecule has 0 radical (unpaired) electrons. The predicted octanol–water partition coefficient (Wildman–Crippen LogP) is 3.75. The maximum Gasteiger partial charge on any atom is 0.264 e. The van der Waals surface area contributed by atoms with Crippen molar-refractivity contribution < 1.29 is 4.79 Å². The average Bonchev–Trinajstić information content (AvgIpc) is 3.24. The van der Waals surface area contributed by atoms with Gasteiger partial charge in [-0.05, 0) is 36.8 Å². The van der Waals surface area contributed by atoms with Crippen LogP contribution < -0.4 is 0 Å². The molecule has 0 bridgehead atoms. The fourth-order valence-corrected chi connectivity index (χ4v) is 4.13. The Bertz CT molecular complexity index is 875. The first-order chi connectivity index (χ1) is 11.1. The molecule has 1 saturated carbocycles. The van der Waals surface area contributed by atoms with Crippen LogP contribution in [-0.4, -0.2) is 26.4 Å². The molecule has 23 heavy (non-hydrogen) atoms. The first kappa shape index (κ1) is 14.5. The van der Waals surface area contributed by atoms with E-state index in [9.17, 15) is 4.79 Å². The highest BCUT2D eigenvalue weighted by molar-refractivity contribution is 7.21. The third-order valence-corrected chi connectivity index (χ3v) is 5.78. The van der Waals surface area contributed by atoms with E-state index in [0.29, 0.717) is 12.6 Å². The van der Waals surface area contributed by atoms with Gasteiger partial charge in [0.15, 0.2) is 0 Å². The Morgan fingerprint density at radius 2 is 2.17 bits per heavy atom. The van der Waals surface area contributed by atoms with Gasteiger partial charge in [-0.25, -0.2) is 4.98 Å². The van der Waals surface area contributed by atoms with Crippen LogP contribution in [0.2, 0.25) is 0 Å². The van der Waals surface area contributed by atoms with Crippen LogP contribution in [0.4, 0.5) is 0 Å². The van der Waals surface area contributed by atoms with Crippen molar-refractivity contribution in [3.63, 3.8) is 0 Å². The molecule has 1 aliphatic rings. The molecule has 0 atom stereocenters. The Balaban J connectivity index is 1.69. The number of nitrogens with zero attached hydrogens (tertiary/aromatic N) is 3. The van der Waals surface area contributed by atoms with Crippen LogP contribution in [0, 0.1) is 6.92 Å². The standard InChI is InChI=1S/C18H19N3OS/c1-12-14-5-3-4-6-15(14)23-17(12)18(22)21(13-7-8-13)11-16-19-9-10-20(16)2/h3-6,9-10,13H,7-8,11H2,1-2H3. The molecular weight excluding hydrogens is 306 g/mol. The first-order valence-corrected chi connectivity index (χ1v) is 8.72. The van der Waals surface area contributed by atoms with Crippen molar-refractivity contribution in [2.75, 3.05) is 0 Å². The number of carbonyl (C=O) groups is 1. The number of aromatic nitrogens is 2. The van der Waals surface area contributed by atoms with E-state index in [4.69, 9.17) is 0 Å². The number of hydrogen-bond donors (Lipinski definition) is 0. The van der Waals surface area contributed by atoms with E-state index in [0.717, 1.165) is 29.1 Å². The molecule has 0 N–H and O–H groups in total. The van der Waals surface area contributed by atoms with Crippen LogP contribution in [0.15, 0.2) is 36.7 Å². The molecule has 4 rings (SSSR count). The second-order valence-corrected chi connectivity index (χ2v) is 7.22. The van der Waals surface area contributed by atoms with Crippen LogP contribution in [0.25, 0.3) is 10.1 Å². The Morgan fingerprint density at radius 3 is 2.83 bits per heavy atom. The summed E-state index contributed by atoms with van der Waals surface area (Å²) in [6.07, 6.45) is 5.91. The molecule has 4 nitrogen and oxygen atoms in total. The minimum Gasteiger partial charge on any atom is -0.337 e. The second kappa shape index (κ2) is 5.49. The summed E-state index contributed by atoms with van der Waals surface area (Å²) in [4.78, 5) is 20.4. The van der Waals surface area contributed by atoms with Gasteiger partial charge in [-0.15, -0.1) is 11.3 Å². The van der Waals surface area contributed by atoms with Crippen LogP contribution in [0.1, 0.15) is 33.9 Å². The second-order valence-electron chi connectivity index (χ2n) is 6.17. The van der Waals surface area contributed by atoms with E-state index in [1.165, 1.54) is 10.1 Å². The summed E-state index contributed by atoms with van der Waals surface area (Å²) in [7, 11) is 1.97. The number of hydrogen-bond acceptors (Lipinski definition) is 3. The topological polar surface area (TPSA) is 38.1 Å².